The van der Waals surface area contributed by atoms with E-state index in [1.807, 2.05) is 11.8 Å². The Bertz CT molecular complexity index is 1530. The summed E-state index contributed by atoms with van der Waals surface area (Å²) in [5, 5.41) is 0. The van der Waals surface area contributed by atoms with Crippen molar-refractivity contribution in [1.29, 1.82) is 0 Å². The SMILES string of the molecule is CSc1ccc2c3c1C(C)(C)\C(=C/C=C/C=C/C1=[N+]4CCCc5ccc(S)c(c54)C1(C)CCCCCC=O)N3CCC2. The molecular weight excluding hydrogens is 553 g/mol. The highest BCUT2D eigenvalue weighted by molar-refractivity contribution is 7.98. The van der Waals surface area contributed by atoms with E-state index in [2.05, 4.69) is 91.1 Å². The number of rotatable bonds is 10. The third kappa shape index (κ3) is 4.85. The number of benzene rings is 2. The Hall–Kier alpha value is -2.50. The van der Waals surface area contributed by atoms with E-state index in [4.69, 9.17) is 12.6 Å². The molecule has 0 N–H and O–H groups in total. The van der Waals surface area contributed by atoms with Crippen molar-refractivity contribution in [3.8, 4) is 0 Å². The minimum Gasteiger partial charge on any atom is -0.344 e. The fourth-order valence-electron chi connectivity index (χ4n) is 8.10. The first-order valence-corrected chi connectivity index (χ1v) is 17.5. The van der Waals surface area contributed by atoms with Crippen LogP contribution in [0.3, 0.4) is 0 Å². The molecular formula is C37H45N2OS2+. The zero-order valence-corrected chi connectivity index (χ0v) is 27.4. The number of carbonyl (C=O) groups excluding carboxylic acids is 1. The van der Waals surface area contributed by atoms with Gasteiger partial charge in [0.15, 0.2) is 5.71 Å². The van der Waals surface area contributed by atoms with Crippen LogP contribution in [0.1, 0.15) is 88.0 Å². The Labute approximate surface area is 262 Å². The summed E-state index contributed by atoms with van der Waals surface area (Å²) >= 11 is 6.86. The van der Waals surface area contributed by atoms with Crippen molar-refractivity contribution < 1.29 is 9.37 Å². The van der Waals surface area contributed by atoms with Gasteiger partial charge in [-0.2, -0.15) is 4.58 Å². The number of unbranched alkanes of at least 4 members (excludes halogenated alkanes) is 3. The van der Waals surface area contributed by atoms with Crippen LogP contribution in [0.5, 0.6) is 0 Å². The molecule has 42 heavy (non-hydrogen) atoms. The van der Waals surface area contributed by atoms with Crippen LogP contribution in [0.4, 0.5) is 11.4 Å². The predicted octanol–water partition coefficient (Wildman–Crippen LogP) is 8.89. The number of carbonyl (C=O) groups is 1. The van der Waals surface area contributed by atoms with Crippen LogP contribution < -0.4 is 4.90 Å². The second kappa shape index (κ2) is 11.9. The topological polar surface area (TPSA) is 23.3 Å². The monoisotopic (exact) mass is 597 g/mol. The maximum absolute atomic E-state index is 10.9. The van der Waals surface area contributed by atoms with Crippen LogP contribution in [0.15, 0.2) is 70.1 Å². The molecule has 4 heterocycles. The van der Waals surface area contributed by atoms with Crippen molar-refractivity contribution in [2.24, 2.45) is 0 Å². The average Bonchev–Trinajstić information content (AvgIpc) is 3.37. The molecule has 0 fully saturated rings. The number of thioether (sulfide) groups is 1. The second-order valence-corrected chi connectivity index (χ2v) is 14.4. The molecule has 0 radical (unpaired) electrons. The number of allylic oxidation sites excluding steroid dienone is 6. The zero-order valence-electron chi connectivity index (χ0n) is 25.7. The molecule has 220 valence electrons. The Morgan fingerprint density at radius 1 is 0.976 bits per heavy atom. The van der Waals surface area contributed by atoms with Crippen molar-refractivity contribution in [2.45, 2.75) is 99.2 Å². The highest BCUT2D eigenvalue weighted by Gasteiger charge is 2.50. The van der Waals surface area contributed by atoms with Gasteiger partial charge in [-0.15, -0.1) is 24.4 Å². The number of hydrogen-bond acceptors (Lipinski definition) is 4. The van der Waals surface area contributed by atoms with Gasteiger partial charge in [-0.3, -0.25) is 0 Å². The van der Waals surface area contributed by atoms with Crippen molar-refractivity contribution in [3.63, 3.8) is 0 Å². The number of hydrogen-bond donors (Lipinski definition) is 1. The Morgan fingerprint density at radius 2 is 1.79 bits per heavy atom. The predicted molar refractivity (Wildman–Crippen MR) is 182 cm³/mol. The molecule has 0 bridgehead atoms. The summed E-state index contributed by atoms with van der Waals surface area (Å²) in [6.45, 7) is 9.37. The van der Waals surface area contributed by atoms with Crippen LogP contribution in [0, 0.1) is 0 Å². The Balaban J connectivity index is 1.30. The Kier molecular flexibility index (Phi) is 8.36. The molecule has 4 aliphatic rings. The first-order valence-electron chi connectivity index (χ1n) is 15.8. The van der Waals surface area contributed by atoms with E-state index < -0.39 is 0 Å². The maximum atomic E-state index is 10.9. The molecule has 1 atom stereocenters. The third-order valence-corrected chi connectivity index (χ3v) is 11.2. The van der Waals surface area contributed by atoms with Crippen molar-refractivity contribution in [3.05, 3.63) is 82.6 Å². The van der Waals surface area contributed by atoms with Gasteiger partial charge >= 0.3 is 0 Å². The van der Waals surface area contributed by atoms with E-state index in [1.54, 1.807) is 0 Å². The molecule has 0 spiro atoms. The molecule has 0 amide bonds. The molecule has 0 saturated carbocycles. The summed E-state index contributed by atoms with van der Waals surface area (Å²) in [6.07, 6.45) is 24.3. The molecule has 2 aromatic carbocycles. The molecule has 6 rings (SSSR count). The van der Waals surface area contributed by atoms with E-state index >= 15 is 0 Å². The molecule has 4 aliphatic heterocycles. The molecule has 0 saturated heterocycles. The smallest absolute Gasteiger partial charge is 0.214 e. The van der Waals surface area contributed by atoms with Gasteiger partial charge in [0, 0.05) is 63.2 Å². The summed E-state index contributed by atoms with van der Waals surface area (Å²) in [6, 6.07) is 9.18. The van der Waals surface area contributed by atoms with E-state index in [0.717, 1.165) is 56.4 Å². The van der Waals surface area contributed by atoms with Gasteiger partial charge in [-0.05, 0) is 69.1 Å². The summed E-state index contributed by atoms with van der Waals surface area (Å²) < 4.78 is 2.58. The quantitative estimate of drug-likeness (QED) is 0.0739. The fourth-order valence-corrected chi connectivity index (χ4v) is 9.28. The molecule has 2 aromatic rings. The lowest BCUT2D eigenvalue weighted by molar-refractivity contribution is -0.443. The van der Waals surface area contributed by atoms with Crippen LogP contribution in [0.2, 0.25) is 0 Å². The summed E-state index contributed by atoms with van der Waals surface area (Å²) in [5.74, 6) is 0. The highest BCUT2D eigenvalue weighted by atomic mass is 32.2. The standard InChI is InChI=1S/C37H44N2OS2/c1-36(2)30(38-23-12-15-27-19-21-29(42-4)33(36)35(27)38)16-8-7-9-17-31-37(3,22-10-5-6-11-25-40)32-28(41)20-18-26-14-13-24-39(31)34(26)32/h7-9,16-21,25H,5-6,10-15,22-24H2,1-4H3/p+1. The van der Waals surface area contributed by atoms with Gasteiger partial charge in [-0.25, -0.2) is 0 Å². The van der Waals surface area contributed by atoms with Gasteiger partial charge in [0.1, 0.15) is 12.8 Å². The minimum atomic E-state index is -0.0791. The van der Waals surface area contributed by atoms with Gasteiger partial charge in [-0.1, -0.05) is 57.0 Å². The number of nitrogens with zero attached hydrogens (tertiary/aromatic N) is 2. The van der Waals surface area contributed by atoms with Gasteiger partial charge in [0.2, 0.25) is 5.69 Å². The molecule has 0 aromatic heterocycles. The number of aldehydes is 1. The van der Waals surface area contributed by atoms with Gasteiger partial charge < -0.3 is 9.69 Å². The number of aryl methyl sites for hydroxylation is 2. The van der Waals surface area contributed by atoms with Crippen LogP contribution in [-0.2, 0) is 28.5 Å². The second-order valence-electron chi connectivity index (χ2n) is 13.0. The molecule has 0 aliphatic carbocycles. The Morgan fingerprint density at radius 3 is 2.60 bits per heavy atom. The lowest BCUT2D eigenvalue weighted by Gasteiger charge is -2.30. The van der Waals surface area contributed by atoms with Gasteiger partial charge in [0.25, 0.3) is 0 Å². The van der Waals surface area contributed by atoms with E-state index in [9.17, 15) is 4.79 Å². The first kappa shape index (κ1) is 29.6. The van der Waals surface area contributed by atoms with E-state index in [0.29, 0.717) is 6.42 Å². The lowest BCUT2D eigenvalue weighted by atomic mass is 9.74. The maximum Gasteiger partial charge on any atom is 0.214 e. The normalized spacial score (nSPS) is 23.0. The average molecular weight is 598 g/mol. The van der Waals surface area contributed by atoms with Gasteiger partial charge in [0.05, 0.1) is 11.0 Å². The summed E-state index contributed by atoms with van der Waals surface area (Å²) in [4.78, 5) is 16.0. The summed E-state index contributed by atoms with van der Waals surface area (Å²) in [7, 11) is 0. The van der Waals surface area contributed by atoms with Crippen LogP contribution >= 0.6 is 24.4 Å². The van der Waals surface area contributed by atoms with Crippen molar-refractivity contribution in [1.82, 2.24) is 0 Å². The zero-order chi connectivity index (χ0) is 29.5. The summed E-state index contributed by atoms with van der Waals surface area (Å²) in [5.41, 5.74) is 11.5. The van der Waals surface area contributed by atoms with Crippen LogP contribution in [0.25, 0.3) is 0 Å². The molecule has 1 unspecified atom stereocenters. The molecule has 5 heteroatoms. The van der Waals surface area contributed by atoms with E-state index in [1.165, 1.54) is 69.2 Å². The fraction of sp³-hybridized carbons (Fsp3) is 0.459. The molecule has 3 nitrogen and oxygen atoms in total. The lowest BCUT2D eigenvalue weighted by Crippen LogP contribution is -2.32. The highest BCUT2D eigenvalue weighted by Crippen LogP contribution is 2.54. The third-order valence-electron chi connectivity index (χ3n) is 10.1. The van der Waals surface area contributed by atoms with Crippen molar-refractivity contribution in [2.75, 3.05) is 24.2 Å². The largest absolute Gasteiger partial charge is 0.344 e. The van der Waals surface area contributed by atoms with E-state index in [-0.39, 0.29) is 10.8 Å². The first-order chi connectivity index (χ1) is 20.3. The number of thiol groups is 1. The number of anilines is 1. The van der Waals surface area contributed by atoms with Crippen molar-refractivity contribution >= 4 is 47.8 Å². The minimum absolute atomic E-state index is 0.0144. The van der Waals surface area contributed by atoms with Crippen LogP contribution in [-0.4, -0.2) is 35.9 Å².